The molecule has 1 saturated carbocycles. The van der Waals surface area contributed by atoms with Crippen molar-refractivity contribution in [1.82, 2.24) is 0 Å². The Kier molecular flexibility index (Phi) is 4.69. The van der Waals surface area contributed by atoms with E-state index in [-0.39, 0.29) is 0 Å². The number of halogens is 1. The molecule has 0 aliphatic heterocycles. The van der Waals surface area contributed by atoms with Gasteiger partial charge in [-0.1, -0.05) is 35.9 Å². The largest absolute Gasteiger partial charge is 0.383 e. The third-order valence-electron chi connectivity index (χ3n) is 3.90. The molecule has 2 N–H and O–H groups in total. The average Bonchev–Trinajstić information content (AvgIpc) is 3.37. The highest BCUT2D eigenvalue weighted by Crippen LogP contribution is 2.43. The molecule has 114 valence electrons. The lowest BCUT2D eigenvalue weighted by Gasteiger charge is -2.14. The number of benzene rings is 2. The van der Waals surface area contributed by atoms with Crippen LogP contribution >= 0.6 is 23.4 Å². The Balaban J connectivity index is 2.00. The number of hydrogen-bond acceptors (Lipinski definition) is 4. The third kappa shape index (κ3) is 3.13. The Morgan fingerprint density at radius 1 is 1.23 bits per heavy atom. The maximum Gasteiger partial charge on any atom is 0.127 e. The average molecular weight is 332 g/mol. The molecule has 0 heterocycles. The van der Waals surface area contributed by atoms with E-state index in [0.29, 0.717) is 10.7 Å². The van der Waals surface area contributed by atoms with Gasteiger partial charge in [-0.05, 0) is 42.7 Å². The maximum absolute atomic E-state index is 7.48. The van der Waals surface area contributed by atoms with Crippen molar-refractivity contribution >= 4 is 34.7 Å². The van der Waals surface area contributed by atoms with Crippen LogP contribution in [0.4, 0.5) is 11.4 Å². The van der Waals surface area contributed by atoms with Gasteiger partial charge < -0.3 is 5.32 Å². The van der Waals surface area contributed by atoms with E-state index in [1.165, 1.54) is 17.7 Å². The van der Waals surface area contributed by atoms with Crippen molar-refractivity contribution < 1.29 is 0 Å². The quantitative estimate of drug-likeness (QED) is 0.488. The van der Waals surface area contributed by atoms with Gasteiger partial charge in [-0.3, -0.25) is 0 Å². The molecule has 2 aromatic carbocycles. The fourth-order valence-corrected chi connectivity index (χ4v) is 3.39. The summed E-state index contributed by atoms with van der Waals surface area (Å²) in [5.41, 5.74) is 10.9. The third-order valence-corrected chi connectivity index (χ3v) is 5.08. The van der Waals surface area contributed by atoms with Crippen LogP contribution in [0.2, 0.25) is 5.02 Å². The summed E-state index contributed by atoms with van der Waals surface area (Å²) in [4.78, 5) is 1.17. The zero-order chi connectivity index (χ0) is 15.5. The fourth-order valence-electron chi connectivity index (χ4n) is 2.47. The molecule has 3 nitrogen and oxygen atoms in total. The normalized spacial score (nSPS) is 13.9. The lowest BCUT2D eigenvalue weighted by molar-refractivity contribution is 0.888. The molecule has 22 heavy (non-hydrogen) atoms. The Morgan fingerprint density at radius 2 is 2.00 bits per heavy atom. The van der Waals surface area contributed by atoms with Crippen molar-refractivity contribution in [3.05, 3.63) is 41.4 Å². The van der Waals surface area contributed by atoms with Crippen molar-refractivity contribution in [3.63, 3.8) is 0 Å². The van der Waals surface area contributed by atoms with Crippen molar-refractivity contribution in [2.24, 2.45) is 11.0 Å². The second kappa shape index (κ2) is 6.71. The topological polar surface area (TPSA) is 48.2 Å². The van der Waals surface area contributed by atoms with Gasteiger partial charge in [0.05, 0.1) is 10.7 Å². The summed E-state index contributed by atoms with van der Waals surface area (Å²) in [6.07, 6.45) is 4.62. The van der Waals surface area contributed by atoms with Crippen LogP contribution in [0.3, 0.4) is 0 Å². The van der Waals surface area contributed by atoms with E-state index in [0.717, 1.165) is 29.3 Å². The van der Waals surface area contributed by atoms with Gasteiger partial charge in [-0.15, -0.1) is 11.8 Å². The molecule has 0 radical (unpaired) electrons. The van der Waals surface area contributed by atoms with Gasteiger partial charge in [-0.25, -0.2) is 5.53 Å². The summed E-state index contributed by atoms with van der Waals surface area (Å²) in [5, 5.41) is 7.57. The molecule has 1 aliphatic carbocycles. The van der Waals surface area contributed by atoms with E-state index in [2.05, 4.69) is 22.6 Å². The SMILES string of the molecule is CSc1ccccc1-c1ccc(NCC2CC2)c(N=N)c1Cl. The standard InChI is InChI=1S/C17H18ClN3S/c1-22-15-5-3-2-4-12(15)13-8-9-14(17(21-19)16(13)18)20-10-11-6-7-11/h2-5,8-9,11,19-20H,6-7,10H2,1H3. The lowest BCUT2D eigenvalue weighted by Crippen LogP contribution is -2.03. The summed E-state index contributed by atoms with van der Waals surface area (Å²) >= 11 is 8.23. The van der Waals surface area contributed by atoms with Crippen molar-refractivity contribution in [2.75, 3.05) is 18.1 Å². The van der Waals surface area contributed by atoms with Crippen LogP contribution in [0, 0.1) is 11.4 Å². The molecular weight excluding hydrogens is 314 g/mol. The van der Waals surface area contributed by atoms with E-state index < -0.39 is 0 Å². The summed E-state index contributed by atoms with van der Waals surface area (Å²) in [7, 11) is 0. The summed E-state index contributed by atoms with van der Waals surface area (Å²) < 4.78 is 0. The number of thioether (sulfide) groups is 1. The summed E-state index contributed by atoms with van der Waals surface area (Å²) in [6, 6.07) is 12.1. The van der Waals surface area contributed by atoms with E-state index in [1.807, 2.05) is 30.5 Å². The van der Waals surface area contributed by atoms with Gasteiger partial charge >= 0.3 is 0 Å². The highest BCUT2D eigenvalue weighted by molar-refractivity contribution is 7.98. The Bertz CT molecular complexity index is 698. The highest BCUT2D eigenvalue weighted by Gasteiger charge is 2.22. The van der Waals surface area contributed by atoms with Crippen LogP contribution in [-0.2, 0) is 0 Å². The van der Waals surface area contributed by atoms with Crippen molar-refractivity contribution in [3.8, 4) is 11.1 Å². The van der Waals surface area contributed by atoms with E-state index in [9.17, 15) is 0 Å². The lowest BCUT2D eigenvalue weighted by atomic mass is 10.0. The first kappa shape index (κ1) is 15.4. The molecule has 2 aromatic rings. The minimum atomic E-state index is 0.524. The first-order valence-electron chi connectivity index (χ1n) is 7.31. The number of hydrogen-bond donors (Lipinski definition) is 2. The molecular formula is C17H18ClN3S. The van der Waals surface area contributed by atoms with Crippen LogP contribution in [-0.4, -0.2) is 12.8 Å². The van der Waals surface area contributed by atoms with E-state index in [1.54, 1.807) is 11.8 Å². The van der Waals surface area contributed by atoms with Gasteiger partial charge in [0.1, 0.15) is 5.69 Å². The van der Waals surface area contributed by atoms with Gasteiger partial charge in [0.2, 0.25) is 0 Å². The van der Waals surface area contributed by atoms with Crippen LogP contribution in [0.5, 0.6) is 0 Å². The number of anilines is 1. The molecule has 0 atom stereocenters. The zero-order valence-electron chi connectivity index (χ0n) is 12.4. The Hall–Kier alpha value is -1.52. The van der Waals surface area contributed by atoms with Crippen LogP contribution in [0.25, 0.3) is 11.1 Å². The first-order chi connectivity index (χ1) is 10.7. The fraction of sp³-hybridized carbons (Fsp3) is 0.294. The van der Waals surface area contributed by atoms with Crippen LogP contribution in [0.15, 0.2) is 46.4 Å². The molecule has 0 spiro atoms. The molecule has 0 bridgehead atoms. The smallest absolute Gasteiger partial charge is 0.127 e. The van der Waals surface area contributed by atoms with E-state index in [4.69, 9.17) is 17.1 Å². The summed E-state index contributed by atoms with van der Waals surface area (Å²) in [6.45, 7) is 0.930. The number of rotatable bonds is 6. The number of nitrogens with zero attached hydrogens (tertiary/aromatic N) is 1. The van der Waals surface area contributed by atoms with Gasteiger partial charge in [0.15, 0.2) is 0 Å². The predicted molar refractivity (Wildman–Crippen MR) is 94.7 cm³/mol. The second-order valence-electron chi connectivity index (χ2n) is 5.46. The van der Waals surface area contributed by atoms with E-state index >= 15 is 0 Å². The van der Waals surface area contributed by atoms with Crippen LogP contribution < -0.4 is 5.32 Å². The minimum absolute atomic E-state index is 0.524. The van der Waals surface area contributed by atoms with Gasteiger partial charge in [0, 0.05) is 17.0 Å². The molecule has 0 amide bonds. The first-order valence-corrected chi connectivity index (χ1v) is 8.92. The Morgan fingerprint density at radius 3 is 2.68 bits per heavy atom. The Labute approximate surface area is 140 Å². The predicted octanol–water partition coefficient (Wildman–Crippen LogP) is 6.21. The van der Waals surface area contributed by atoms with Gasteiger partial charge in [-0.2, -0.15) is 5.11 Å². The molecule has 1 fully saturated rings. The van der Waals surface area contributed by atoms with Crippen LogP contribution in [0.1, 0.15) is 12.8 Å². The zero-order valence-corrected chi connectivity index (χ0v) is 14.0. The molecule has 5 heteroatoms. The second-order valence-corrected chi connectivity index (χ2v) is 6.69. The molecule has 0 aromatic heterocycles. The maximum atomic E-state index is 7.48. The molecule has 1 aliphatic rings. The van der Waals surface area contributed by atoms with Crippen molar-refractivity contribution in [2.45, 2.75) is 17.7 Å². The monoisotopic (exact) mass is 331 g/mol. The number of nitrogens with one attached hydrogen (secondary N) is 2. The van der Waals surface area contributed by atoms with Gasteiger partial charge in [0.25, 0.3) is 0 Å². The molecule has 3 rings (SSSR count). The molecule has 0 saturated heterocycles. The highest BCUT2D eigenvalue weighted by atomic mass is 35.5. The van der Waals surface area contributed by atoms with Crippen molar-refractivity contribution in [1.29, 1.82) is 5.53 Å². The minimum Gasteiger partial charge on any atom is -0.383 e. The summed E-state index contributed by atoms with van der Waals surface area (Å²) in [5.74, 6) is 0.759. The molecule has 0 unspecified atom stereocenters.